The van der Waals surface area contributed by atoms with Crippen molar-refractivity contribution in [3.8, 4) is 0 Å². The second kappa shape index (κ2) is 6.62. The normalized spacial score (nSPS) is 13.7. The summed E-state index contributed by atoms with van der Waals surface area (Å²) in [6.45, 7) is 6.38. The molecule has 0 saturated heterocycles. The summed E-state index contributed by atoms with van der Waals surface area (Å²) in [5.41, 5.74) is 1.13. The van der Waals surface area contributed by atoms with Gasteiger partial charge < -0.3 is 0 Å². The summed E-state index contributed by atoms with van der Waals surface area (Å²) in [5.74, 6) is 0.126. The maximum absolute atomic E-state index is 12.6. The molecule has 0 aliphatic carbocycles. The van der Waals surface area contributed by atoms with Crippen LogP contribution in [0.2, 0.25) is 0 Å². The zero-order valence-electron chi connectivity index (χ0n) is 13.5. The van der Waals surface area contributed by atoms with Crippen LogP contribution in [0.3, 0.4) is 0 Å². The lowest BCUT2D eigenvalue weighted by atomic mass is 10.0. The van der Waals surface area contributed by atoms with Gasteiger partial charge in [-0.25, -0.2) is 12.7 Å². The zero-order chi connectivity index (χ0) is 16.3. The monoisotopic (exact) mass is 321 g/mol. The number of likely N-dealkylation sites (N-methyl/N-ethyl adjacent to an activating group) is 1. The van der Waals surface area contributed by atoms with Crippen LogP contribution in [0.25, 0.3) is 0 Å². The van der Waals surface area contributed by atoms with Crippen molar-refractivity contribution in [3.05, 3.63) is 48.3 Å². The second-order valence-corrected chi connectivity index (χ2v) is 7.89. The Kier molecular flexibility index (Phi) is 5.03. The molecule has 1 aromatic carbocycles. The van der Waals surface area contributed by atoms with Crippen LogP contribution in [0, 0.1) is 0 Å². The molecule has 0 aliphatic rings. The van der Waals surface area contributed by atoms with E-state index in [0.29, 0.717) is 6.54 Å². The minimum Gasteiger partial charge on any atom is -0.269 e. The van der Waals surface area contributed by atoms with Gasteiger partial charge >= 0.3 is 0 Å². The van der Waals surface area contributed by atoms with Crippen molar-refractivity contribution in [3.63, 3.8) is 0 Å². The lowest BCUT2D eigenvalue weighted by Crippen LogP contribution is -2.30. The van der Waals surface area contributed by atoms with Crippen molar-refractivity contribution < 1.29 is 8.42 Å². The Hall–Kier alpha value is -1.66. The number of nitrogens with zero attached hydrogens (tertiary/aromatic N) is 3. The largest absolute Gasteiger partial charge is 0.269 e. The highest BCUT2D eigenvalue weighted by molar-refractivity contribution is 7.89. The van der Waals surface area contributed by atoms with E-state index in [9.17, 15) is 8.42 Å². The van der Waals surface area contributed by atoms with Gasteiger partial charge in [0.25, 0.3) is 0 Å². The van der Waals surface area contributed by atoms with E-state index in [4.69, 9.17) is 0 Å². The van der Waals surface area contributed by atoms with Crippen LogP contribution in [-0.2, 0) is 10.0 Å². The number of benzene rings is 1. The summed E-state index contributed by atoms with van der Waals surface area (Å²) in [7, 11) is -1.89. The number of aromatic nitrogens is 2. The third-order valence-corrected chi connectivity index (χ3v) is 5.49. The van der Waals surface area contributed by atoms with E-state index in [2.05, 4.69) is 5.10 Å². The molecular weight excluding hydrogens is 298 g/mol. The van der Waals surface area contributed by atoms with Crippen LogP contribution < -0.4 is 0 Å². The van der Waals surface area contributed by atoms with E-state index >= 15 is 0 Å². The third-order valence-electron chi connectivity index (χ3n) is 3.71. The van der Waals surface area contributed by atoms with E-state index in [0.717, 1.165) is 5.56 Å². The van der Waals surface area contributed by atoms with Crippen LogP contribution in [-0.4, -0.2) is 36.1 Å². The molecule has 0 N–H and O–H groups in total. The number of hydrogen-bond donors (Lipinski definition) is 0. The molecule has 0 radical (unpaired) electrons. The Labute approximate surface area is 132 Å². The fourth-order valence-electron chi connectivity index (χ4n) is 2.29. The Balaban J connectivity index is 2.15. The molecule has 2 aromatic rings. The van der Waals surface area contributed by atoms with Crippen LogP contribution in [0.4, 0.5) is 0 Å². The minimum atomic E-state index is -3.50. The van der Waals surface area contributed by atoms with Crippen LogP contribution in [0.1, 0.15) is 38.3 Å². The topological polar surface area (TPSA) is 55.2 Å². The second-order valence-electron chi connectivity index (χ2n) is 5.85. The first kappa shape index (κ1) is 16.7. The predicted molar refractivity (Wildman–Crippen MR) is 87.3 cm³/mol. The molecule has 2 rings (SSSR count). The molecule has 22 heavy (non-hydrogen) atoms. The van der Waals surface area contributed by atoms with Gasteiger partial charge in [-0.3, -0.25) is 4.68 Å². The van der Waals surface area contributed by atoms with E-state index in [1.54, 1.807) is 17.9 Å². The first-order valence-corrected chi connectivity index (χ1v) is 8.82. The van der Waals surface area contributed by atoms with Crippen LogP contribution >= 0.6 is 0 Å². The quantitative estimate of drug-likeness (QED) is 0.822. The number of rotatable bonds is 6. The first-order valence-electron chi connectivity index (χ1n) is 7.38. The lowest BCUT2D eigenvalue weighted by molar-refractivity contribution is 0.446. The van der Waals surface area contributed by atoms with Crippen molar-refractivity contribution in [1.29, 1.82) is 0 Å². The molecular formula is C16H23N3O2S. The fourth-order valence-corrected chi connectivity index (χ4v) is 3.49. The molecule has 0 saturated carbocycles. The Bertz CT molecular complexity index is 708. The molecule has 0 bridgehead atoms. The highest BCUT2D eigenvalue weighted by Gasteiger charge is 2.24. The van der Waals surface area contributed by atoms with Crippen molar-refractivity contribution in [2.24, 2.45) is 0 Å². The average molecular weight is 321 g/mol. The Morgan fingerprint density at radius 1 is 1.18 bits per heavy atom. The van der Waals surface area contributed by atoms with E-state index in [1.165, 1.54) is 10.5 Å². The average Bonchev–Trinajstić information content (AvgIpc) is 2.98. The van der Waals surface area contributed by atoms with Gasteiger partial charge in [0.2, 0.25) is 10.0 Å². The van der Waals surface area contributed by atoms with E-state index in [1.807, 2.05) is 51.1 Å². The fraction of sp³-hybridized carbons (Fsp3) is 0.438. The summed E-state index contributed by atoms with van der Waals surface area (Å²) < 4.78 is 28.3. The van der Waals surface area contributed by atoms with Gasteiger partial charge in [0.15, 0.2) is 0 Å². The smallest absolute Gasteiger partial charge is 0.245 e. The van der Waals surface area contributed by atoms with Crippen molar-refractivity contribution >= 4 is 10.0 Å². The Morgan fingerprint density at radius 2 is 1.82 bits per heavy atom. The predicted octanol–water partition coefficient (Wildman–Crippen LogP) is 2.89. The number of hydrogen-bond acceptors (Lipinski definition) is 3. The lowest BCUT2D eigenvalue weighted by Gasteiger charge is -2.20. The first-order chi connectivity index (χ1) is 10.3. The van der Waals surface area contributed by atoms with Crippen molar-refractivity contribution in [2.45, 2.75) is 37.6 Å². The molecule has 0 aliphatic heterocycles. The summed E-state index contributed by atoms with van der Waals surface area (Å²) >= 11 is 0. The maximum atomic E-state index is 12.6. The number of sulfonamides is 1. The van der Waals surface area contributed by atoms with Gasteiger partial charge in [0, 0.05) is 25.8 Å². The zero-order valence-corrected chi connectivity index (χ0v) is 14.3. The molecule has 0 unspecified atom stereocenters. The molecule has 6 heteroatoms. The highest BCUT2D eigenvalue weighted by atomic mass is 32.2. The Morgan fingerprint density at radius 3 is 2.36 bits per heavy atom. The molecule has 1 aromatic heterocycles. The van der Waals surface area contributed by atoms with Crippen LogP contribution in [0.15, 0.2) is 47.6 Å². The van der Waals surface area contributed by atoms with Gasteiger partial charge in [-0.2, -0.15) is 5.10 Å². The van der Waals surface area contributed by atoms with Gasteiger partial charge in [-0.1, -0.05) is 37.3 Å². The van der Waals surface area contributed by atoms with E-state index < -0.39 is 10.0 Å². The molecule has 1 heterocycles. The summed E-state index contributed by atoms with van der Waals surface area (Å²) in [4.78, 5) is 0.240. The molecule has 120 valence electrons. The van der Waals surface area contributed by atoms with E-state index in [-0.39, 0.29) is 16.9 Å². The summed E-state index contributed by atoms with van der Waals surface area (Å²) in [6, 6.07) is 10.1. The maximum Gasteiger partial charge on any atom is 0.245 e. The molecule has 5 nitrogen and oxygen atoms in total. The molecule has 0 fully saturated rings. The summed E-state index contributed by atoms with van der Waals surface area (Å²) in [5, 5.41) is 4.11. The van der Waals surface area contributed by atoms with Crippen molar-refractivity contribution in [2.75, 3.05) is 13.6 Å². The van der Waals surface area contributed by atoms with Crippen LogP contribution in [0.5, 0.6) is 0 Å². The molecule has 0 spiro atoms. The van der Waals surface area contributed by atoms with Gasteiger partial charge in [0.05, 0.1) is 6.20 Å². The molecule has 0 amide bonds. The van der Waals surface area contributed by atoms with Gasteiger partial charge in [-0.15, -0.1) is 0 Å². The minimum absolute atomic E-state index is 0.126. The third kappa shape index (κ3) is 3.56. The molecule has 1 atom stereocenters. The SMILES string of the molecule is CC(C)n1cc(S(=O)(=O)N(C)C[C@H](C)c2ccccc2)cn1. The highest BCUT2D eigenvalue weighted by Crippen LogP contribution is 2.20. The van der Waals surface area contributed by atoms with Gasteiger partial charge in [-0.05, 0) is 25.3 Å². The van der Waals surface area contributed by atoms with Crippen molar-refractivity contribution in [1.82, 2.24) is 14.1 Å². The summed E-state index contributed by atoms with van der Waals surface area (Å²) in [6.07, 6.45) is 3.00. The van der Waals surface area contributed by atoms with Gasteiger partial charge in [0.1, 0.15) is 4.90 Å². The standard InChI is InChI=1S/C16H23N3O2S/c1-13(2)19-12-16(10-17-19)22(20,21)18(4)11-14(3)15-8-6-5-7-9-15/h5-10,12-14H,11H2,1-4H3/t14-/m0/s1.